The molecule has 2 bridgehead atoms. The van der Waals surface area contributed by atoms with Crippen molar-refractivity contribution in [1.29, 1.82) is 0 Å². The van der Waals surface area contributed by atoms with Crippen LogP contribution in [0.4, 0.5) is 0 Å². The maximum Gasteiger partial charge on any atom is 0.213 e. The van der Waals surface area contributed by atoms with Gasteiger partial charge < -0.3 is 14.2 Å². The number of ketones is 1. The van der Waals surface area contributed by atoms with Gasteiger partial charge in [-0.25, -0.2) is 0 Å². The normalized spacial score (nSPS) is 28.3. The number of rotatable bonds is 14. The molecule has 278 valence electrons. The summed E-state index contributed by atoms with van der Waals surface area (Å²) in [4.78, 5) is 27.7. The summed E-state index contributed by atoms with van der Waals surface area (Å²) in [6, 6.07) is 40.2. The Morgan fingerprint density at radius 1 is 0.849 bits per heavy atom. The van der Waals surface area contributed by atoms with E-state index >= 15 is 4.79 Å². The maximum atomic E-state index is 15.6. The summed E-state index contributed by atoms with van der Waals surface area (Å²) in [7, 11) is 0. The lowest BCUT2D eigenvalue weighted by Gasteiger charge is -2.58. The van der Waals surface area contributed by atoms with Gasteiger partial charge in [-0.05, 0) is 41.5 Å². The van der Waals surface area contributed by atoms with Crippen LogP contribution in [-0.4, -0.2) is 41.2 Å². The van der Waals surface area contributed by atoms with Gasteiger partial charge in [0.1, 0.15) is 11.2 Å². The van der Waals surface area contributed by atoms with Crippen LogP contribution in [0.1, 0.15) is 88.5 Å². The molecule has 2 heterocycles. The lowest BCUT2D eigenvalue weighted by Crippen LogP contribution is -2.68. The molecule has 3 fully saturated rings. The van der Waals surface area contributed by atoms with Crippen LogP contribution in [0.25, 0.3) is 0 Å². The summed E-state index contributed by atoms with van der Waals surface area (Å²) in [6.07, 6.45) is 3.66. The number of carbonyl (C=O) groups is 1. The lowest BCUT2D eigenvalue weighted by atomic mass is 9.56. The lowest BCUT2D eigenvalue weighted by molar-refractivity contribution is -0.525. The van der Waals surface area contributed by atoms with E-state index in [9.17, 15) is 10.1 Å². The number of hydrogen-bond donors (Lipinski definition) is 0. The van der Waals surface area contributed by atoms with Crippen molar-refractivity contribution < 1.29 is 23.9 Å². The van der Waals surface area contributed by atoms with Gasteiger partial charge in [0.25, 0.3) is 0 Å². The van der Waals surface area contributed by atoms with Gasteiger partial charge in [0, 0.05) is 40.4 Å². The van der Waals surface area contributed by atoms with Crippen molar-refractivity contribution in [3.8, 4) is 0 Å². The second-order valence-electron chi connectivity index (χ2n) is 16.4. The fraction of sp³-hybridized carbons (Fsp3) is 0.457. The van der Waals surface area contributed by atoms with Crippen molar-refractivity contribution in [3.05, 3.63) is 154 Å². The molecule has 1 saturated carbocycles. The average molecular weight is 716 g/mol. The molecular weight excluding hydrogens is 663 g/mol. The molecule has 53 heavy (non-hydrogen) atoms. The minimum absolute atomic E-state index is 0.000447. The zero-order valence-electron chi connectivity index (χ0n) is 31.5. The Morgan fingerprint density at radius 2 is 1.38 bits per heavy atom. The Bertz CT molecular complexity index is 1770. The highest BCUT2D eigenvalue weighted by Gasteiger charge is 2.78. The van der Waals surface area contributed by atoms with Gasteiger partial charge >= 0.3 is 0 Å². The van der Waals surface area contributed by atoms with Crippen LogP contribution >= 0.6 is 0 Å². The number of ether oxygens (including phenoxy) is 3. The first-order valence-corrected chi connectivity index (χ1v) is 19.3. The van der Waals surface area contributed by atoms with Crippen molar-refractivity contribution in [2.24, 2.45) is 22.7 Å². The Hall–Kier alpha value is -4.17. The van der Waals surface area contributed by atoms with Gasteiger partial charge in [-0.3, -0.25) is 14.9 Å². The largest absolute Gasteiger partial charge is 0.374 e. The van der Waals surface area contributed by atoms with E-state index in [2.05, 4.69) is 57.2 Å². The molecule has 2 aliphatic heterocycles. The maximum absolute atomic E-state index is 15.6. The molecule has 1 unspecified atom stereocenters. The monoisotopic (exact) mass is 715 g/mol. The Labute approximate surface area is 314 Å². The standard InChI is InChI=1S/C46H53NO6/c1-5-39(47(49)50)29-40-41(48)46-38(27-18-28-43(46,4)32-44(53-46,42(40,2)3)33-51-30-34-19-10-6-11-20-34)31-52-45(35-21-12-7-13-22-35,36-23-14-8-15-24-36)37-25-16-9-17-26-37/h6-17,19-26,38-40H,5,18,27-33H2,1-4H3/t38-,39?,40+,43+,44+,46-/m1/s1. The molecule has 0 amide bonds. The fourth-order valence-electron chi connectivity index (χ4n) is 10.3. The Morgan fingerprint density at radius 3 is 1.89 bits per heavy atom. The molecule has 0 radical (unpaired) electrons. The SMILES string of the molecule is CCC(C[C@H]1C(=O)[C@@]23O[C@](COCc4ccccc4)(C[C@]2(C)CCC[C@@H]3COC(c2ccccc2)(c2ccccc2)c2ccccc2)C1(C)C)[N+](=O)[O-]. The zero-order chi connectivity index (χ0) is 37.3. The molecule has 1 aliphatic carbocycles. The third kappa shape index (κ3) is 6.15. The molecule has 6 atom stereocenters. The number of hydrogen-bond acceptors (Lipinski definition) is 6. The summed E-state index contributed by atoms with van der Waals surface area (Å²) in [5.41, 5.74) is -0.161. The van der Waals surface area contributed by atoms with E-state index in [1.807, 2.05) is 91.9 Å². The molecule has 4 aromatic rings. The van der Waals surface area contributed by atoms with E-state index in [1.165, 1.54) is 0 Å². The molecule has 1 spiro atoms. The van der Waals surface area contributed by atoms with E-state index in [1.54, 1.807) is 0 Å². The van der Waals surface area contributed by atoms with Crippen LogP contribution in [0.5, 0.6) is 0 Å². The number of nitrogens with zero attached hydrogens (tertiary/aromatic N) is 1. The van der Waals surface area contributed by atoms with Crippen molar-refractivity contribution in [1.82, 2.24) is 0 Å². The van der Waals surface area contributed by atoms with Crippen LogP contribution in [0.2, 0.25) is 0 Å². The predicted molar refractivity (Wildman–Crippen MR) is 206 cm³/mol. The van der Waals surface area contributed by atoms with Gasteiger partial charge in [-0.2, -0.15) is 0 Å². The zero-order valence-corrected chi connectivity index (χ0v) is 31.5. The smallest absolute Gasteiger partial charge is 0.213 e. The average Bonchev–Trinajstić information content (AvgIpc) is 3.46. The van der Waals surface area contributed by atoms with Crippen LogP contribution in [0.15, 0.2) is 121 Å². The number of nitro groups is 1. The van der Waals surface area contributed by atoms with Gasteiger partial charge in [0.05, 0.1) is 25.4 Å². The van der Waals surface area contributed by atoms with Crippen molar-refractivity contribution in [2.75, 3.05) is 13.2 Å². The number of benzene rings is 4. The summed E-state index contributed by atoms with van der Waals surface area (Å²) < 4.78 is 21.5. The summed E-state index contributed by atoms with van der Waals surface area (Å²) in [5.74, 6) is -0.870. The summed E-state index contributed by atoms with van der Waals surface area (Å²) in [5, 5.41) is 12.4. The summed E-state index contributed by atoms with van der Waals surface area (Å²) in [6.45, 7) is 9.20. The van der Waals surface area contributed by atoms with Gasteiger partial charge in [0.2, 0.25) is 6.04 Å². The Balaban J connectivity index is 1.32. The highest BCUT2D eigenvalue weighted by molar-refractivity contribution is 5.93. The molecule has 2 saturated heterocycles. The van der Waals surface area contributed by atoms with Gasteiger partial charge in [0.15, 0.2) is 5.78 Å². The minimum Gasteiger partial charge on any atom is -0.374 e. The van der Waals surface area contributed by atoms with E-state index in [-0.39, 0.29) is 29.7 Å². The third-order valence-corrected chi connectivity index (χ3v) is 13.3. The second-order valence-corrected chi connectivity index (χ2v) is 16.4. The van der Waals surface area contributed by atoms with Crippen LogP contribution in [0.3, 0.4) is 0 Å². The highest BCUT2D eigenvalue weighted by atomic mass is 16.6. The first kappa shape index (κ1) is 37.2. The Kier molecular flexibility index (Phi) is 10.2. The van der Waals surface area contributed by atoms with E-state index < -0.39 is 39.6 Å². The van der Waals surface area contributed by atoms with Crippen molar-refractivity contribution in [2.45, 2.75) is 95.7 Å². The first-order chi connectivity index (χ1) is 25.5. The minimum atomic E-state index is -1.19. The molecular formula is C46H53NO6. The third-order valence-electron chi connectivity index (χ3n) is 13.3. The molecule has 3 aliphatic rings. The second kappa shape index (κ2) is 14.6. The highest BCUT2D eigenvalue weighted by Crippen LogP contribution is 2.70. The number of carbonyl (C=O) groups excluding carboxylic acids is 1. The summed E-state index contributed by atoms with van der Waals surface area (Å²) >= 11 is 0. The van der Waals surface area contributed by atoms with Crippen LogP contribution < -0.4 is 0 Å². The van der Waals surface area contributed by atoms with E-state index in [0.29, 0.717) is 26.1 Å². The topological polar surface area (TPSA) is 87.9 Å². The van der Waals surface area contributed by atoms with Crippen molar-refractivity contribution >= 4 is 5.78 Å². The van der Waals surface area contributed by atoms with Crippen LogP contribution in [0, 0.1) is 32.8 Å². The first-order valence-electron chi connectivity index (χ1n) is 19.3. The van der Waals surface area contributed by atoms with E-state index in [4.69, 9.17) is 14.2 Å². The molecule has 7 rings (SSSR count). The van der Waals surface area contributed by atoms with Crippen molar-refractivity contribution in [3.63, 3.8) is 0 Å². The number of fused-ring (bicyclic) bond motifs is 1. The molecule has 7 heteroatoms. The quantitative estimate of drug-likeness (QED) is 0.0734. The molecule has 0 N–H and O–H groups in total. The fourth-order valence-corrected chi connectivity index (χ4v) is 10.3. The molecule has 0 aromatic heterocycles. The molecule has 7 nitrogen and oxygen atoms in total. The molecule has 4 aromatic carbocycles. The van der Waals surface area contributed by atoms with Crippen LogP contribution in [-0.2, 0) is 31.2 Å². The van der Waals surface area contributed by atoms with Gasteiger partial charge in [-0.15, -0.1) is 0 Å². The van der Waals surface area contributed by atoms with E-state index in [0.717, 1.165) is 41.5 Å². The predicted octanol–water partition coefficient (Wildman–Crippen LogP) is 9.59. The number of Topliss-reactive ketones (excluding diaryl/α,β-unsaturated/α-hetero) is 1. The van der Waals surface area contributed by atoms with Gasteiger partial charge in [-0.1, -0.05) is 155 Å².